The van der Waals surface area contributed by atoms with Crippen LogP contribution in [0.2, 0.25) is 0 Å². The van der Waals surface area contributed by atoms with E-state index in [0.717, 1.165) is 0 Å². The Morgan fingerprint density at radius 1 is 0.762 bits per heavy atom. The molecule has 0 N–H and O–H groups in total. The van der Waals surface area contributed by atoms with E-state index < -0.39 is 0 Å². The molecule has 0 aromatic carbocycles. The first-order valence-electron chi connectivity index (χ1n) is 7.42. The summed E-state index contributed by atoms with van der Waals surface area (Å²) in [6.07, 6.45) is -0.105. The molecule has 1 saturated heterocycles. The summed E-state index contributed by atoms with van der Waals surface area (Å²) in [6.45, 7) is 6.51. The summed E-state index contributed by atoms with van der Waals surface area (Å²) in [6, 6.07) is 0. The summed E-state index contributed by atoms with van der Waals surface area (Å²) < 4.78 is 37.8. The molecule has 1 fully saturated rings. The van der Waals surface area contributed by atoms with Gasteiger partial charge in [0.15, 0.2) is 0 Å². The van der Waals surface area contributed by atoms with Crippen molar-refractivity contribution in [1.82, 2.24) is 0 Å². The van der Waals surface area contributed by atoms with Crippen LogP contribution in [0, 0.1) is 0 Å². The highest BCUT2D eigenvalue weighted by molar-refractivity contribution is 4.56. The van der Waals surface area contributed by atoms with E-state index in [1.807, 2.05) is 0 Å². The molecule has 1 aliphatic heterocycles. The number of methoxy groups -OCH3 is 1. The summed E-state index contributed by atoms with van der Waals surface area (Å²) in [7, 11) is 1.65. The lowest BCUT2D eigenvalue weighted by Gasteiger charge is -2.18. The summed E-state index contributed by atoms with van der Waals surface area (Å²) >= 11 is 0. The van der Waals surface area contributed by atoms with Crippen LogP contribution in [0.4, 0.5) is 0 Å². The number of ether oxygens (including phenoxy) is 7. The third-order valence-corrected chi connectivity index (χ3v) is 2.74. The van der Waals surface area contributed by atoms with Crippen molar-refractivity contribution in [1.29, 1.82) is 0 Å². The predicted molar refractivity (Wildman–Crippen MR) is 75.7 cm³/mol. The maximum absolute atomic E-state index is 5.70. The molecule has 1 atom stereocenters. The minimum atomic E-state index is -0.105. The van der Waals surface area contributed by atoms with E-state index in [-0.39, 0.29) is 6.10 Å². The van der Waals surface area contributed by atoms with Crippen LogP contribution >= 0.6 is 0 Å². The minimum absolute atomic E-state index is 0.105. The van der Waals surface area contributed by atoms with Crippen molar-refractivity contribution in [3.05, 3.63) is 0 Å². The SMILES string of the molecule is COCCOCC1COCCOCCOCCOCCO1. The van der Waals surface area contributed by atoms with Gasteiger partial charge in [0, 0.05) is 7.11 Å². The normalized spacial score (nSPS) is 24.1. The Kier molecular flexibility index (Phi) is 13.1. The molecule has 7 heteroatoms. The molecular weight excluding hydrogens is 280 g/mol. The lowest BCUT2D eigenvalue weighted by atomic mass is 10.4. The van der Waals surface area contributed by atoms with Crippen molar-refractivity contribution >= 4 is 0 Å². The molecular formula is C14H28O7. The zero-order valence-electron chi connectivity index (χ0n) is 12.9. The van der Waals surface area contributed by atoms with Crippen LogP contribution in [0.15, 0.2) is 0 Å². The fourth-order valence-corrected chi connectivity index (χ4v) is 1.65. The fraction of sp³-hybridized carbons (Fsp3) is 1.00. The lowest BCUT2D eigenvalue weighted by molar-refractivity contribution is -0.0811. The molecule has 0 spiro atoms. The highest BCUT2D eigenvalue weighted by Crippen LogP contribution is 1.97. The molecule has 0 aromatic heterocycles. The van der Waals surface area contributed by atoms with Gasteiger partial charge in [0.05, 0.1) is 79.3 Å². The topological polar surface area (TPSA) is 64.6 Å². The van der Waals surface area contributed by atoms with Gasteiger partial charge < -0.3 is 33.2 Å². The molecule has 1 heterocycles. The lowest BCUT2D eigenvalue weighted by Crippen LogP contribution is -2.28. The average molecular weight is 308 g/mol. The van der Waals surface area contributed by atoms with Gasteiger partial charge in [-0.2, -0.15) is 0 Å². The number of rotatable bonds is 5. The maximum atomic E-state index is 5.70. The summed E-state index contributed by atoms with van der Waals surface area (Å²) in [4.78, 5) is 0. The number of hydrogen-bond acceptors (Lipinski definition) is 7. The van der Waals surface area contributed by atoms with Gasteiger partial charge in [-0.05, 0) is 0 Å². The first-order valence-corrected chi connectivity index (χ1v) is 7.42. The molecule has 0 bridgehead atoms. The Bertz CT molecular complexity index is 199. The van der Waals surface area contributed by atoms with E-state index >= 15 is 0 Å². The molecule has 0 saturated carbocycles. The minimum Gasteiger partial charge on any atom is -0.382 e. The summed E-state index contributed by atoms with van der Waals surface area (Å²) in [5, 5.41) is 0. The van der Waals surface area contributed by atoms with Crippen LogP contribution in [-0.4, -0.2) is 92.5 Å². The molecule has 0 amide bonds. The van der Waals surface area contributed by atoms with E-state index in [0.29, 0.717) is 79.3 Å². The molecule has 1 unspecified atom stereocenters. The molecule has 21 heavy (non-hydrogen) atoms. The van der Waals surface area contributed by atoms with Crippen LogP contribution in [0.3, 0.4) is 0 Å². The highest BCUT2D eigenvalue weighted by Gasteiger charge is 2.10. The largest absolute Gasteiger partial charge is 0.382 e. The third kappa shape index (κ3) is 12.0. The van der Waals surface area contributed by atoms with Crippen molar-refractivity contribution < 1.29 is 33.2 Å². The van der Waals surface area contributed by atoms with Crippen LogP contribution in [0.25, 0.3) is 0 Å². The van der Waals surface area contributed by atoms with Gasteiger partial charge >= 0.3 is 0 Å². The molecule has 126 valence electrons. The van der Waals surface area contributed by atoms with Gasteiger partial charge in [-0.15, -0.1) is 0 Å². The first kappa shape index (κ1) is 18.8. The van der Waals surface area contributed by atoms with E-state index in [9.17, 15) is 0 Å². The Balaban J connectivity index is 2.20. The second kappa shape index (κ2) is 14.6. The van der Waals surface area contributed by atoms with Gasteiger partial charge in [-0.3, -0.25) is 0 Å². The van der Waals surface area contributed by atoms with E-state index in [4.69, 9.17) is 33.2 Å². The monoisotopic (exact) mass is 308 g/mol. The van der Waals surface area contributed by atoms with Gasteiger partial charge in [-0.25, -0.2) is 0 Å². The number of hydrogen-bond donors (Lipinski definition) is 0. The average Bonchev–Trinajstić information content (AvgIpc) is 2.51. The predicted octanol–water partition coefficient (Wildman–Crippen LogP) is 0.115. The molecule has 7 nitrogen and oxygen atoms in total. The van der Waals surface area contributed by atoms with Gasteiger partial charge in [0.25, 0.3) is 0 Å². The van der Waals surface area contributed by atoms with Crippen molar-refractivity contribution in [3.63, 3.8) is 0 Å². The van der Waals surface area contributed by atoms with Gasteiger partial charge in [0.1, 0.15) is 6.10 Å². The second-order valence-electron chi connectivity index (χ2n) is 4.47. The van der Waals surface area contributed by atoms with Gasteiger partial charge in [-0.1, -0.05) is 0 Å². The molecule has 0 aromatic rings. The summed E-state index contributed by atoms with van der Waals surface area (Å²) in [5.41, 5.74) is 0. The quantitative estimate of drug-likeness (QED) is 0.668. The zero-order chi connectivity index (χ0) is 15.0. The Hall–Kier alpha value is -0.280. The van der Waals surface area contributed by atoms with Gasteiger partial charge in [0.2, 0.25) is 0 Å². The zero-order valence-corrected chi connectivity index (χ0v) is 12.9. The molecule has 1 aliphatic rings. The Labute approximate surface area is 126 Å². The first-order chi connectivity index (χ1) is 10.4. The van der Waals surface area contributed by atoms with Crippen molar-refractivity contribution in [2.45, 2.75) is 6.10 Å². The Morgan fingerprint density at radius 3 is 1.95 bits per heavy atom. The van der Waals surface area contributed by atoms with Crippen LogP contribution < -0.4 is 0 Å². The molecule has 0 radical (unpaired) electrons. The Morgan fingerprint density at radius 2 is 1.33 bits per heavy atom. The highest BCUT2D eigenvalue weighted by atomic mass is 16.6. The molecule has 0 aliphatic carbocycles. The summed E-state index contributed by atoms with van der Waals surface area (Å²) in [5.74, 6) is 0. The van der Waals surface area contributed by atoms with Crippen LogP contribution in [0.5, 0.6) is 0 Å². The fourth-order valence-electron chi connectivity index (χ4n) is 1.65. The van der Waals surface area contributed by atoms with Crippen LogP contribution in [0.1, 0.15) is 0 Å². The molecule has 1 rings (SSSR count). The van der Waals surface area contributed by atoms with E-state index in [2.05, 4.69) is 0 Å². The second-order valence-corrected chi connectivity index (χ2v) is 4.47. The smallest absolute Gasteiger partial charge is 0.104 e. The standard InChI is InChI=1S/C14H28O7/c1-15-2-3-19-12-14-13-20-9-8-17-5-4-16-6-7-18-10-11-21-14/h14H,2-13H2,1H3. The van der Waals surface area contributed by atoms with E-state index in [1.165, 1.54) is 0 Å². The third-order valence-electron chi connectivity index (χ3n) is 2.74. The maximum Gasteiger partial charge on any atom is 0.104 e. The van der Waals surface area contributed by atoms with E-state index in [1.54, 1.807) is 7.11 Å². The van der Waals surface area contributed by atoms with Crippen molar-refractivity contribution in [2.24, 2.45) is 0 Å². The van der Waals surface area contributed by atoms with Crippen LogP contribution in [-0.2, 0) is 33.2 Å². The van der Waals surface area contributed by atoms with Crippen molar-refractivity contribution in [3.8, 4) is 0 Å². The van der Waals surface area contributed by atoms with Crippen molar-refractivity contribution in [2.75, 3.05) is 86.4 Å².